The van der Waals surface area contributed by atoms with E-state index in [-0.39, 0.29) is 5.41 Å². The van der Waals surface area contributed by atoms with E-state index in [0.717, 1.165) is 10.8 Å². The molecule has 0 spiro atoms. The van der Waals surface area contributed by atoms with E-state index >= 15 is 0 Å². The van der Waals surface area contributed by atoms with Crippen LogP contribution in [0.2, 0.25) is 0 Å². The molecule has 0 radical (unpaired) electrons. The average molecular weight is 301 g/mol. The Morgan fingerprint density at radius 1 is 1.14 bits per heavy atom. The summed E-state index contributed by atoms with van der Waals surface area (Å²) in [6.45, 7) is 6.72. The van der Waals surface area contributed by atoms with Crippen LogP contribution >= 0.6 is 11.8 Å². The fourth-order valence-electron chi connectivity index (χ4n) is 2.09. The zero-order valence-electron chi connectivity index (χ0n) is 13.1. The Morgan fingerprint density at radius 2 is 1.86 bits per heavy atom. The lowest BCUT2D eigenvalue weighted by Gasteiger charge is -2.21. The van der Waals surface area contributed by atoms with Crippen molar-refractivity contribution in [2.24, 2.45) is 0 Å². The summed E-state index contributed by atoms with van der Waals surface area (Å²) in [5, 5.41) is 4.39. The Balaban J connectivity index is 2.04. The van der Waals surface area contributed by atoms with Crippen molar-refractivity contribution in [3.8, 4) is 0 Å². The van der Waals surface area contributed by atoms with E-state index in [1.165, 1.54) is 11.1 Å². The summed E-state index contributed by atoms with van der Waals surface area (Å²) in [6.07, 6.45) is 3.37. The van der Waals surface area contributed by atoms with Crippen LogP contribution < -0.4 is 5.32 Å². The van der Waals surface area contributed by atoms with Crippen molar-refractivity contribution in [2.75, 3.05) is 12.8 Å². The molecule has 1 unspecified atom stereocenters. The van der Waals surface area contributed by atoms with Crippen LogP contribution in [-0.4, -0.2) is 22.8 Å². The summed E-state index contributed by atoms with van der Waals surface area (Å²) in [5.41, 5.74) is 2.88. The third-order valence-electron chi connectivity index (χ3n) is 3.48. The van der Waals surface area contributed by atoms with Crippen LogP contribution in [0.15, 0.2) is 47.9 Å². The molecule has 1 aromatic carbocycles. The van der Waals surface area contributed by atoms with Crippen LogP contribution in [-0.2, 0) is 5.41 Å². The number of thioether (sulfide) groups is 1. The number of hydrogen-bond acceptors (Lipinski definition) is 4. The van der Waals surface area contributed by atoms with Crippen molar-refractivity contribution in [2.45, 2.75) is 37.3 Å². The molecule has 1 heterocycles. The summed E-state index contributed by atoms with van der Waals surface area (Å²) in [4.78, 5) is 8.19. The van der Waals surface area contributed by atoms with Gasteiger partial charge >= 0.3 is 0 Å². The van der Waals surface area contributed by atoms with Crippen LogP contribution in [0.1, 0.15) is 37.9 Å². The van der Waals surface area contributed by atoms with Gasteiger partial charge in [0.2, 0.25) is 0 Å². The van der Waals surface area contributed by atoms with Gasteiger partial charge in [-0.15, -0.1) is 11.8 Å². The molecule has 2 aromatic rings. The minimum Gasteiger partial charge on any atom is -0.312 e. The van der Waals surface area contributed by atoms with Crippen molar-refractivity contribution in [3.63, 3.8) is 0 Å². The monoisotopic (exact) mass is 301 g/mol. The average Bonchev–Trinajstić information content (AvgIpc) is 2.48. The Labute approximate surface area is 131 Å². The van der Waals surface area contributed by atoms with Gasteiger partial charge in [-0.3, -0.25) is 0 Å². The molecule has 0 aliphatic rings. The third kappa shape index (κ3) is 4.55. The minimum atomic E-state index is 0.198. The lowest BCUT2D eigenvalue weighted by molar-refractivity contribution is 0.588. The molecule has 1 N–H and O–H groups in total. The van der Waals surface area contributed by atoms with Crippen molar-refractivity contribution in [1.82, 2.24) is 15.3 Å². The second-order valence-corrected chi connectivity index (χ2v) is 7.11. The van der Waals surface area contributed by atoms with E-state index in [1.807, 2.05) is 13.1 Å². The van der Waals surface area contributed by atoms with E-state index in [9.17, 15) is 0 Å². The third-order valence-corrected chi connectivity index (χ3v) is 4.52. The van der Waals surface area contributed by atoms with Gasteiger partial charge < -0.3 is 5.32 Å². The van der Waals surface area contributed by atoms with Crippen LogP contribution in [0.25, 0.3) is 0 Å². The standard InChI is InChI=1S/C17H23N3S/c1-17(2,3)14-7-5-13(6-8-14)15(18-4)11-21-16-9-10-19-12-20-16/h5-10,12,15,18H,11H2,1-4H3. The highest BCUT2D eigenvalue weighted by molar-refractivity contribution is 7.99. The summed E-state index contributed by atoms with van der Waals surface area (Å²) in [7, 11) is 2.00. The highest BCUT2D eigenvalue weighted by Gasteiger charge is 2.15. The van der Waals surface area contributed by atoms with E-state index in [0.29, 0.717) is 6.04 Å². The van der Waals surface area contributed by atoms with Crippen molar-refractivity contribution in [3.05, 3.63) is 54.0 Å². The Morgan fingerprint density at radius 3 is 2.38 bits per heavy atom. The Kier molecular flexibility index (Phi) is 5.37. The molecule has 0 saturated heterocycles. The molecule has 4 heteroatoms. The first-order chi connectivity index (χ1) is 10.0. The number of rotatable bonds is 5. The first-order valence-electron chi connectivity index (χ1n) is 7.17. The summed E-state index contributed by atoms with van der Waals surface area (Å²) >= 11 is 1.74. The molecule has 1 atom stereocenters. The van der Waals surface area contributed by atoms with E-state index in [1.54, 1.807) is 24.3 Å². The fourth-order valence-corrected chi connectivity index (χ4v) is 3.07. The topological polar surface area (TPSA) is 37.8 Å². The second-order valence-electron chi connectivity index (χ2n) is 6.07. The van der Waals surface area contributed by atoms with Crippen LogP contribution in [0.4, 0.5) is 0 Å². The predicted octanol–water partition coefficient (Wildman–Crippen LogP) is 3.83. The number of aromatic nitrogens is 2. The zero-order chi connectivity index (χ0) is 15.3. The molecule has 0 aliphatic carbocycles. The summed E-state index contributed by atoms with van der Waals surface area (Å²) in [5.74, 6) is 0.947. The largest absolute Gasteiger partial charge is 0.312 e. The quantitative estimate of drug-likeness (QED) is 0.673. The van der Waals surface area contributed by atoms with Gasteiger partial charge in [-0.1, -0.05) is 45.0 Å². The molecule has 0 saturated carbocycles. The van der Waals surface area contributed by atoms with E-state index in [4.69, 9.17) is 0 Å². The van der Waals surface area contributed by atoms with Crippen molar-refractivity contribution >= 4 is 11.8 Å². The lowest BCUT2D eigenvalue weighted by Crippen LogP contribution is -2.19. The van der Waals surface area contributed by atoms with Crippen LogP contribution in [0, 0.1) is 0 Å². The molecule has 0 amide bonds. The molecule has 1 aromatic heterocycles. The predicted molar refractivity (Wildman–Crippen MR) is 89.7 cm³/mol. The highest BCUT2D eigenvalue weighted by atomic mass is 32.2. The highest BCUT2D eigenvalue weighted by Crippen LogP contribution is 2.26. The van der Waals surface area contributed by atoms with Gasteiger partial charge in [0, 0.05) is 18.0 Å². The Bertz CT molecular complexity index is 546. The van der Waals surface area contributed by atoms with Gasteiger partial charge in [0.05, 0.1) is 5.03 Å². The maximum absolute atomic E-state index is 4.25. The second kappa shape index (κ2) is 7.05. The maximum Gasteiger partial charge on any atom is 0.116 e. The smallest absolute Gasteiger partial charge is 0.116 e. The molecule has 0 fully saturated rings. The van der Waals surface area contributed by atoms with Crippen molar-refractivity contribution in [1.29, 1.82) is 0 Å². The molecule has 3 nitrogen and oxygen atoms in total. The van der Waals surface area contributed by atoms with Crippen LogP contribution in [0.3, 0.4) is 0 Å². The maximum atomic E-state index is 4.25. The number of benzene rings is 1. The van der Waals surface area contributed by atoms with Gasteiger partial charge in [-0.2, -0.15) is 0 Å². The van der Waals surface area contributed by atoms with E-state index < -0.39 is 0 Å². The first kappa shape index (κ1) is 16.0. The van der Waals surface area contributed by atoms with Crippen molar-refractivity contribution < 1.29 is 0 Å². The van der Waals surface area contributed by atoms with Gasteiger partial charge in [0.15, 0.2) is 0 Å². The Hall–Kier alpha value is -1.39. The molecule has 112 valence electrons. The van der Waals surface area contributed by atoms with Gasteiger partial charge in [-0.05, 0) is 29.7 Å². The normalized spacial score (nSPS) is 13.1. The molecule has 21 heavy (non-hydrogen) atoms. The fraction of sp³-hybridized carbons (Fsp3) is 0.412. The molecule has 2 rings (SSSR count). The number of nitrogens with one attached hydrogen (secondary N) is 1. The minimum absolute atomic E-state index is 0.198. The van der Waals surface area contributed by atoms with Gasteiger partial charge in [0.1, 0.15) is 6.33 Å². The SMILES string of the molecule is CNC(CSc1ccncn1)c1ccc(C(C)(C)C)cc1. The molecule has 0 aliphatic heterocycles. The molecule has 0 bridgehead atoms. The summed E-state index contributed by atoms with van der Waals surface area (Å²) in [6, 6.07) is 11.2. The van der Waals surface area contributed by atoms with E-state index in [2.05, 4.69) is 60.3 Å². The lowest BCUT2D eigenvalue weighted by atomic mass is 9.86. The van der Waals surface area contributed by atoms with Crippen LogP contribution in [0.5, 0.6) is 0 Å². The first-order valence-corrected chi connectivity index (χ1v) is 8.16. The molecular weight excluding hydrogens is 278 g/mol. The molecular formula is C17H23N3S. The zero-order valence-corrected chi connectivity index (χ0v) is 13.9. The number of nitrogens with zero attached hydrogens (tertiary/aromatic N) is 2. The van der Waals surface area contributed by atoms with Gasteiger partial charge in [-0.25, -0.2) is 9.97 Å². The van der Waals surface area contributed by atoms with Gasteiger partial charge in [0.25, 0.3) is 0 Å². The number of hydrogen-bond donors (Lipinski definition) is 1. The summed E-state index contributed by atoms with van der Waals surface area (Å²) < 4.78 is 0.